The summed E-state index contributed by atoms with van der Waals surface area (Å²) in [5, 5.41) is 9.71. The Hall–Kier alpha value is -1.94. The van der Waals surface area contributed by atoms with Crippen molar-refractivity contribution in [1.82, 2.24) is 9.97 Å². The Morgan fingerprint density at radius 2 is 2.00 bits per heavy atom. The number of anilines is 1. The van der Waals surface area contributed by atoms with Crippen molar-refractivity contribution in [2.45, 2.75) is 25.9 Å². The molecule has 0 aliphatic carbocycles. The zero-order chi connectivity index (χ0) is 13.9. The maximum Gasteiger partial charge on any atom is 0.225 e. The number of hydrogen-bond acceptors (Lipinski definition) is 4. The molecule has 3 rings (SSSR count). The Kier molecular flexibility index (Phi) is 3.65. The summed E-state index contributed by atoms with van der Waals surface area (Å²) in [5.74, 6) is 0.708. The zero-order valence-corrected chi connectivity index (χ0v) is 11.7. The minimum absolute atomic E-state index is 0.260. The van der Waals surface area contributed by atoms with Gasteiger partial charge >= 0.3 is 0 Å². The van der Waals surface area contributed by atoms with E-state index in [4.69, 9.17) is 0 Å². The van der Waals surface area contributed by atoms with Crippen molar-refractivity contribution in [3.05, 3.63) is 42.2 Å². The molecule has 1 atom stereocenters. The number of aliphatic hydroxyl groups is 1. The summed E-state index contributed by atoms with van der Waals surface area (Å²) in [4.78, 5) is 10.9. The number of aryl methyl sites for hydroxylation is 1. The van der Waals surface area contributed by atoms with Gasteiger partial charge in [0.25, 0.3) is 0 Å². The number of nitrogens with zero attached hydrogens (tertiary/aromatic N) is 3. The number of hydrogen-bond donors (Lipinski definition) is 1. The van der Waals surface area contributed by atoms with E-state index in [1.54, 1.807) is 0 Å². The molecule has 2 aromatic rings. The average Bonchev–Trinajstić information content (AvgIpc) is 2.47. The van der Waals surface area contributed by atoms with Crippen molar-refractivity contribution in [2.75, 3.05) is 18.0 Å². The fourth-order valence-corrected chi connectivity index (χ4v) is 2.59. The van der Waals surface area contributed by atoms with Crippen LogP contribution in [0.25, 0.3) is 11.1 Å². The van der Waals surface area contributed by atoms with Gasteiger partial charge in [0, 0.05) is 31.0 Å². The van der Waals surface area contributed by atoms with Crippen LogP contribution in [0.15, 0.2) is 36.7 Å². The number of aliphatic hydroxyl groups excluding tert-OH is 1. The summed E-state index contributed by atoms with van der Waals surface area (Å²) in [6.45, 7) is 3.62. The van der Waals surface area contributed by atoms with Crippen LogP contribution in [0.1, 0.15) is 18.4 Å². The molecule has 4 nitrogen and oxygen atoms in total. The fraction of sp³-hybridized carbons (Fsp3) is 0.375. The third kappa shape index (κ3) is 2.80. The lowest BCUT2D eigenvalue weighted by Crippen LogP contribution is -2.39. The second-order valence-corrected chi connectivity index (χ2v) is 5.38. The number of piperidine rings is 1. The predicted octanol–water partition coefficient (Wildman–Crippen LogP) is 2.41. The second kappa shape index (κ2) is 5.59. The zero-order valence-electron chi connectivity index (χ0n) is 11.7. The molecule has 4 heteroatoms. The van der Waals surface area contributed by atoms with Crippen LogP contribution in [0.4, 0.5) is 5.95 Å². The van der Waals surface area contributed by atoms with Crippen LogP contribution in [0, 0.1) is 6.92 Å². The topological polar surface area (TPSA) is 49.2 Å². The standard InChI is InChI=1S/C16H19N3O/c1-12-4-2-5-13(8-12)14-9-17-16(18-10-14)19-7-3-6-15(20)11-19/h2,4-5,8-10,15,20H,3,6-7,11H2,1H3. The molecule has 0 radical (unpaired) electrons. The Bertz CT molecular complexity index is 583. The van der Waals surface area contributed by atoms with Gasteiger partial charge < -0.3 is 10.0 Å². The van der Waals surface area contributed by atoms with Gasteiger partial charge in [0.15, 0.2) is 0 Å². The van der Waals surface area contributed by atoms with Crippen LogP contribution in [-0.4, -0.2) is 34.3 Å². The normalized spacial score (nSPS) is 19.1. The molecule has 20 heavy (non-hydrogen) atoms. The summed E-state index contributed by atoms with van der Waals surface area (Å²) in [7, 11) is 0. The summed E-state index contributed by atoms with van der Waals surface area (Å²) in [5.41, 5.74) is 3.39. The molecular weight excluding hydrogens is 250 g/mol. The SMILES string of the molecule is Cc1cccc(-c2cnc(N3CCCC(O)C3)nc2)c1. The van der Waals surface area contributed by atoms with Crippen LogP contribution in [-0.2, 0) is 0 Å². The van der Waals surface area contributed by atoms with E-state index in [0.717, 1.165) is 30.5 Å². The first-order valence-corrected chi connectivity index (χ1v) is 7.04. The smallest absolute Gasteiger partial charge is 0.225 e. The van der Waals surface area contributed by atoms with Crippen molar-refractivity contribution in [3.63, 3.8) is 0 Å². The average molecular weight is 269 g/mol. The van der Waals surface area contributed by atoms with Crippen molar-refractivity contribution in [1.29, 1.82) is 0 Å². The van der Waals surface area contributed by atoms with Gasteiger partial charge in [-0.05, 0) is 25.3 Å². The quantitative estimate of drug-likeness (QED) is 0.909. The highest BCUT2D eigenvalue weighted by Gasteiger charge is 2.19. The Balaban J connectivity index is 1.80. The fourth-order valence-electron chi connectivity index (χ4n) is 2.59. The van der Waals surface area contributed by atoms with Crippen LogP contribution in [0.3, 0.4) is 0 Å². The maximum absolute atomic E-state index is 9.71. The molecule has 0 bridgehead atoms. The predicted molar refractivity (Wildman–Crippen MR) is 79.7 cm³/mol. The molecule has 1 unspecified atom stereocenters. The summed E-state index contributed by atoms with van der Waals surface area (Å²) >= 11 is 0. The lowest BCUT2D eigenvalue weighted by Gasteiger charge is -2.29. The van der Waals surface area contributed by atoms with E-state index < -0.39 is 0 Å². The van der Waals surface area contributed by atoms with Crippen molar-refractivity contribution in [2.24, 2.45) is 0 Å². The van der Waals surface area contributed by atoms with E-state index in [1.165, 1.54) is 5.56 Å². The third-order valence-electron chi connectivity index (χ3n) is 3.67. The van der Waals surface area contributed by atoms with Gasteiger partial charge in [0.2, 0.25) is 5.95 Å². The van der Waals surface area contributed by atoms with Crippen molar-refractivity contribution >= 4 is 5.95 Å². The number of β-amino-alcohol motifs (C(OH)–C–C–N with tert-alkyl or cyclic N) is 1. The first kappa shape index (κ1) is 13.1. The molecule has 2 heterocycles. The number of aromatic nitrogens is 2. The summed E-state index contributed by atoms with van der Waals surface area (Å²) < 4.78 is 0. The minimum atomic E-state index is -0.260. The molecular formula is C16H19N3O. The van der Waals surface area contributed by atoms with Gasteiger partial charge in [-0.2, -0.15) is 0 Å². The monoisotopic (exact) mass is 269 g/mol. The molecule has 1 fully saturated rings. The molecule has 1 aliphatic heterocycles. The molecule has 1 aromatic heterocycles. The highest BCUT2D eigenvalue weighted by molar-refractivity contribution is 5.62. The Morgan fingerprint density at radius 3 is 2.70 bits per heavy atom. The first-order valence-electron chi connectivity index (χ1n) is 7.04. The van der Waals surface area contributed by atoms with Gasteiger partial charge in [0.05, 0.1) is 6.10 Å². The minimum Gasteiger partial charge on any atom is -0.391 e. The van der Waals surface area contributed by atoms with Crippen LogP contribution in [0.5, 0.6) is 0 Å². The summed E-state index contributed by atoms with van der Waals surface area (Å²) in [6.07, 6.45) is 5.32. The van der Waals surface area contributed by atoms with E-state index in [0.29, 0.717) is 12.5 Å². The molecule has 104 valence electrons. The van der Waals surface area contributed by atoms with Crippen LogP contribution in [0.2, 0.25) is 0 Å². The Labute approximate surface area is 119 Å². The van der Waals surface area contributed by atoms with Gasteiger partial charge in [-0.3, -0.25) is 0 Å². The van der Waals surface area contributed by atoms with Gasteiger partial charge in [-0.25, -0.2) is 9.97 Å². The third-order valence-corrected chi connectivity index (χ3v) is 3.67. The van der Waals surface area contributed by atoms with E-state index in [2.05, 4.69) is 35.1 Å². The molecule has 1 N–H and O–H groups in total. The molecule has 1 aromatic carbocycles. The van der Waals surface area contributed by atoms with Crippen LogP contribution < -0.4 is 4.90 Å². The van der Waals surface area contributed by atoms with E-state index in [9.17, 15) is 5.11 Å². The molecule has 0 amide bonds. The van der Waals surface area contributed by atoms with Gasteiger partial charge in [0.1, 0.15) is 0 Å². The van der Waals surface area contributed by atoms with Crippen molar-refractivity contribution in [3.8, 4) is 11.1 Å². The lowest BCUT2D eigenvalue weighted by atomic mass is 10.1. The second-order valence-electron chi connectivity index (χ2n) is 5.38. The number of rotatable bonds is 2. The molecule has 0 spiro atoms. The van der Waals surface area contributed by atoms with Crippen LogP contribution >= 0.6 is 0 Å². The van der Waals surface area contributed by atoms with Gasteiger partial charge in [-0.1, -0.05) is 29.8 Å². The number of benzene rings is 1. The molecule has 0 saturated carbocycles. The Morgan fingerprint density at radius 1 is 1.20 bits per heavy atom. The maximum atomic E-state index is 9.71. The molecule has 1 saturated heterocycles. The van der Waals surface area contributed by atoms with E-state index in [-0.39, 0.29) is 6.10 Å². The highest BCUT2D eigenvalue weighted by atomic mass is 16.3. The molecule has 1 aliphatic rings. The largest absolute Gasteiger partial charge is 0.391 e. The lowest BCUT2D eigenvalue weighted by molar-refractivity contribution is 0.153. The first-order chi connectivity index (χ1) is 9.72. The van der Waals surface area contributed by atoms with E-state index >= 15 is 0 Å². The van der Waals surface area contributed by atoms with Gasteiger partial charge in [-0.15, -0.1) is 0 Å². The van der Waals surface area contributed by atoms with Crippen molar-refractivity contribution < 1.29 is 5.11 Å². The highest BCUT2D eigenvalue weighted by Crippen LogP contribution is 2.21. The summed E-state index contributed by atoms with van der Waals surface area (Å²) in [6, 6.07) is 8.31. The van der Waals surface area contributed by atoms with E-state index in [1.807, 2.05) is 23.4 Å².